The van der Waals surface area contributed by atoms with E-state index in [2.05, 4.69) is 29.1 Å². The molecule has 0 aliphatic carbocycles. The summed E-state index contributed by atoms with van der Waals surface area (Å²) >= 11 is 1.92. The lowest BCUT2D eigenvalue weighted by Gasteiger charge is -2.22. The van der Waals surface area contributed by atoms with Gasteiger partial charge in [-0.15, -0.1) is 0 Å². The molecule has 21 heavy (non-hydrogen) atoms. The number of carbonyl (C=O) groups excluding carboxylic acids is 1. The molecule has 1 aliphatic rings. The van der Waals surface area contributed by atoms with Crippen molar-refractivity contribution in [1.29, 1.82) is 0 Å². The molecule has 1 atom stereocenters. The fraction of sp³-hybridized carbons (Fsp3) is 0.500. The SMILES string of the molecule is CC1(CNC(=O)c2ccc(C#CCCO)cn2)CCCS1. The van der Waals surface area contributed by atoms with E-state index in [9.17, 15) is 4.79 Å². The Morgan fingerprint density at radius 2 is 2.43 bits per heavy atom. The van der Waals surface area contributed by atoms with Gasteiger partial charge in [0.05, 0.1) is 6.61 Å². The number of nitrogens with zero attached hydrogens (tertiary/aromatic N) is 1. The van der Waals surface area contributed by atoms with Gasteiger partial charge in [-0.25, -0.2) is 4.98 Å². The summed E-state index contributed by atoms with van der Waals surface area (Å²) in [5.41, 5.74) is 1.16. The summed E-state index contributed by atoms with van der Waals surface area (Å²) in [5.74, 6) is 6.74. The van der Waals surface area contributed by atoms with Gasteiger partial charge in [0.15, 0.2) is 0 Å². The molecular weight excluding hydrogens is 284 g/mol. The second-order valence-corrected chi connectivity index (χ2v) is 6.97. The third-order valence-corrected chi connectivity index (χ3v) is 4.93. The van der Waals surface area contributed by atoms with E-state index in [1.54, 1.807) is 18.3 Å². The summed E-state index contributed by atoms with van der Waals surface area (Å²) in [7, 11) is 0. The van der Waals surface area contributed by atoms with Crippen molar-refractivity contribution in [3.05, 3.63) is 29.6 Å². The highest BCUT2D eigenvalue weighted by atomic mass is 32.2. The van der Waals surface area contributed by atoms with Crippen molar-refractivity contribution in [2.75, 3.05) is 18.9 Å². The molecule has 2 rings (SSSR count). The summed E-state index contributed by atoms with van der Waals surface area (Å²) in [5, 5.41) is 11.6. The van der Waals surface area contributed by atoms with Crippen molar-refractivity contribution in [3.8, 4) is 11.8 Å². The van der Waals surface area contributed by atoms with Crippen LogP contribution in [-0.2, 0) is 0 Å². The molecule has 1 fully saturated rings. The van der Waals surface area contributed by atoms with Gasteiger partial charge in [-0.3, -0.25) is 4.79 Å². The van der Waals surface area contributed by atoms with Gasteiger partial charge in [0.25, 0.3) is 5.91 Å². The molecule has 0 bridgehead atoms. The normalized spacial score (nSPS) is 20.7. The Bertz CT molecular complexity index is 540. The second-order valence-electron chi connectivity index (χ2n) is 5.29. The monoisotopic (exact) mass is 304 g/mol. The first-order valence-corrected chi connectivity index (χ1v) is 8.09. The van der Waals surface area contributed by atoms with E-state index in [0.29, 0.717) is 18.7 Å². The average molecular weight is 304 g/mol. The third-order valence-electron chi connectivity index (χ3n) is 3.39. The van der Waals surface area contributed by atoms with E-state index in [-0.39, 0.29) is 17.3 Å². The molecule has 1 unspecified atom stereocenters. The highest BCUT2D eigenvalue weighted by Gasteiger charge is 2.29. The van der Waals surface area contributed by atoms with Crippen LogP contribution in [0.4, 0.5) is 0 Å². The molecule has 5 heteroatoms. The Balaban J connectivity index is 1.89. The zero-order chi connectivity index (χ0) is 15.1. The topological polar surface area (TPSA) is 62.2 Å². The van der Waals surface area contributed by atoms with Gasteiger partial charge in [0.1, 0.15) is 5.69 Å². The molecule has 1 amide bonds. The summed E-state index contributed by atoms with van der Waals surface area (Å²) in [6, 6.07) is 3.46. The average Bonchev–Trinajstić information content (AvgIpc) is 2.93. The van der Waals surface area contributed by atoms with Crippen LogP contribution >= 0.6 is 11.8 Å². The van der Waals surface area contributed by atoms with E-state index in [4.69, 9.17) is 5.11 Å². The smallest absolute Gasteiger partial charge is 0.269 e. The maximum atomic E-state index is 12.1. The van der Waals surface area contributed by atoms with Crippen molar-refractivity contribution >= 4 is 17.7 Å². The number of hydrogen-bond donors (Lipinski definition) is 2. The highest BCUT2D eigenvalue weighted by molar-refractivity contribution is 8.00. The predicted octanol–water partition coefficient (Wildman–Crippen LogP) is 1.83. The predicted molar refractivity (Wildman–Crippen MR) is 85.2 cm³/mol. The molecule has 0 spiro atoms. The van der Waals surface area contributed by atoms with Crippen LogP contribution < -0.4 is 5.32 Å². The first kappa shape index (κ1) is 15.9. The Morgan fingerprint density at radius 1 is 1.57 bits per heavy atom. The Hall–Kier alpha value is -1.51. The van der Waals surface area contributed by atoms with Crippen LogP contribution in [0.5, 0.6) is 0 Å². The Kier molecular flexibility index (Phi) is 5.66. The molecule has 0 saturated carbocycles. The molecule has 1 aromatic rings. The van der Waals surface area contributed by atoms with E-state index >= 15 is 0 Å². The molecule has 0 radical (unpaired) electrons. The fourth-order valence-electron chi connectivity index (χ4n) is 2.16. The summed E-state index contributed by atoms with van der Waals surface area (Å²) in [6.07, 6.45) is 4.39. The van der Waals surface area contributed by atoms with Crippen LogP contribution in [0.3, 0.4) is 0 Å². The van der Waals surface area contributed by atoms with Crippen LogP contribution in [0.25, 0.3) is 0 Å². The number of aliphatic hydroxyl groups excluding tert-OH is 1. The maximum absolute atomic E-state index is 12.1. The molecule has 4 nitrogen and oxygen atoms in total. The van der Waals surface area contributed by atoms with Crippen molar-refractivity contribution in [1.82, 2.24) is 10.3 Å². The lowest BCUT2D eigenvalue weighted by atomic mass is 10.1. The highest BCUT2D eigenvalue weighted by Crippen LogP contribution is 2.36. The summed E-state index contributed by atoms with van der Waals surface area (Å²) < 4.78 is 0.158. The van der Waals surface area contributed by atoms with Crippen LogP contribution in [0.2, 0.25) is 0 Å². The Labute approximate surface area is 129 Å². The van der Waals surface area contributed by atoms with Crippen molar-refractivity contribution in [3.63, 3.8) is 0 Å². The largest absolute Gasteiger partial charge is 0.395 e. The molecule has 1 aromatic heterocycles. The lowest BCUT2D eigenvalue weighted by Crippen LogP contribution is -2.37. The third kappa shape index (κ3) is 4.76. The van der Waals surface area contributed by atoms with Crippen LogP contribution in [0, 0.1) is 11.8 Å². The number of aromatic nitrogens is 1. The fourth-order valence-corrected chi connectivity index (χ4v) is 3.40. The van der Waals surface area contributed by atoms with Gasteiger partial charge in [0, 0.05) is 29.5 Å². The zero-order valence-corrected chi connectivity index (χ0v) is 13.0. The molecule has 2 N–H and O–H groups in total. The van der Waals surface area contributed by atoms with Crippen molar-refractivity contribution in [2.45, 2.75) is 30.9 Å². The van der Waals surface area contributed by atoms with E-state index in [0.717, 1.165) is 12.0 Å². The Morgan fingerprint density at radius 3 is 3.05 bits per heavy atom. The quantitative estimate of drug-likeness (QED) is 0.833. The maximum Gasteiger partial charge on any atom is 0.269 e. The van der Waals surface area contributed by atoms with Gasteiger partial charge >= 0.3 is 0 Å². The number of aliphatic hydroxyl groups is 1. The molecule has 1 saturated heterocycles. The van der Waals surface area contributed by atoms with E-state index in [1.165, 1.54) is 12.2 Å². The van der Waals surface area contributed by atoms with E-state index in [1.807, 2.05) is 11.8 Å². The number of pyridine rings is 1. The first-order chi connectivity index (χ1) is 10.1. The van der Waals surface area contributed by atoms with E-state index < -0.39 is 0 Å². The minimum absolute atomic E-state index is 0.0533. The van der Waals surface area contributed by atoms with Gasteiger partial charge in [-0.05, 0) is 37.7 Å². The number of hydrogen-bond acceptors (Lipinski definition) is 4. The standard InChI is InChI=1S/C16H20N2O2S/c1-16(8-4-10-21-16)12-18-15(20)14-7-6-13(11-17-14)5-2-3-9-19/h6-7,11,19H,3-4,8-10,12H2,1H3,(H,18,20). The number of rotatable bonds is 4. The molecular formula is C16H20N2O2S. The van der Waals surface area contributed by atoms with Gasteiger partial charge in [-0.1, -0.05) is 11.8 Å². The summed E-state index contributed by atoms with van der Waals surface area (Å²) in [6.45, 7) is 2.92. The number of amides is 1. The van der Waals surface area contributed by atoms with Crippen LogP contribution in [0.15, 0.2) is 18.3 Å². The van der Waals surface area contributed by atoms with Crippen molar-refractivity contribution < 1.29 is 9.90 Å². The van der Waals surface area contributed by atoms with Gasteiger partial charge in [-0.2, -0.15) is 11.8 Å². The number of carbonyl (C=O) groups is 1. The first-order valence-electron chi connectivity index (χ1n) is 7.11. The molecule has 0 aromatic carbocycles. The van der Waals surface area contributed by atoms with Gasteiger partial charge in [0.2, 0.25) is 0 Å². The molecule has 112 valence electrons. The minimum Gasteiger partial charge on any atom is -0.395 e. The second kappa shape index (κ2) is 7.48. The number of nitrogens with one attached hydrogen (secondary N) is 1. The minimum atomic E-state index is -0.140. The number of thioether (sulfide) groups is 1. The summed E-state index contributed by atoms with van der Waals surface area (Å²) in [4.78, 5) is 16.2. The lowest BCUT2D eigenvalue weighted by molar-refractivity contribution is 0.0945. The van der Waals surface area contributed by atoms with Crippen molar-refractivity contribution in [2.24, 2.45) is 0 Å². The van der Waals surface area contributed by atoms with Crippen LogP contribution in [-0.4, -0.2) is 39.6 Å². The zero-order valence-electron chi connectivity index (χ0n) is 12.2. The molecule has 1 aliphatic heterocycles. The molecule has 2 heterocycles. The van der Waals surface area contributed by atoms with Crippen LogP contribution in [0.1, 0.15) is 42.2 Å². The van der Waals surface area contributed by atoms with Gasteiger partial charge < -0.3 is 10.4 Å².